The van der Waals surface area contributed by atoms with Gasteiger partial charge in [-0.1, -0.05) is 30.3 Å². The molecule has 0 aliphatic heterocycles. The Hall–Kier alpha value is -3.48. The fraction of sp³-hybridized carbons (Fsp3) is 0.167. The summed E-state index contributed by atoms with van der Waals surface area (Å²) in [5, 5.41) is 11.9. The predicted octanol–water partition coefficient (Wildman–Crippen LogP) is 4.03. The minimum absolute atomic E-state index is 0.0386. The Morgan fingerprint density at radius 1 is 1.03 bits per heavy atom. The zero-order valence-corrected chi connectivity index (χ0v) is 19.6. The van der Waals surface area contributed by atoms with Gasteiger partial charge in [-0.2, -0.15) is 17.0 Å². The lowest BCUT2D eigenvalue weighted by Crippen LogP contribution is -2.25. The second-order valence-electron chi connectivity index (χ2n) is 6.91. The van der Waals surface area contributed by atoms with Gasteiger partial charge in [-0.15, -0.1) is 0 Å². The summed E-state index contributed by atoms with van der Waals surface area (Å²) >= 11 is 1.62. The molecule has 3 aromatic carbocycles. The van der Waals surface area contributed by atoms with E-state index in [4.69, 9.17) is 10.00 Å². The average molecular weight is 482 g/mol. The lowest BCUT2D eigenvalue weighted by Gasteiger charge is -2.12. The fourth-order valence-corrected chi connectivity index (χ4v) is 4.93. The molecule has 9 heteroatoms. The van der Waals surface area contributed by atoms with Gasteiger partial charge < -0.3 is 10.1 Å². The smallest absolute Gasteiger partial charge is 0.262 e. The van der Waals surface area contributed by atoms with Gasteiger partial charge in [-0.05, 0) is 48.0 Å². The normalized spacial score (nSPS) is 10.8. The number of nitrogens with one attached hydrogen (secondary N) is 2. The second-order valence-corrected chi connectivity index (χ2v) is 9.70. The van der Waals surface area contributed by atoms with Crippen LogP contribution < -0.4 is 14.8 Å². The largest absolute Gasteiger partial charge is 0.495 e. The van der Waals surface area contributed by atoms with E-state index in [0.717, 1.165) is 5.56 Å². The van der Waals surface area contributed by atoms with Crippen molar-refractivity contribution in [1.82, 2.24) is 5.32 Å². The number of nitrogens with zero attached hydrogens (tertiary/aromatic N) is 1. The molecule has 0 heterocycles. The fourth-order valence-electron chi connectivity index (χ4n) is 2.99. The Morgan fingerprint density at radius 3 is 2.45 bits per heavy atom. The number of nitriles is 1. The van der Waals surface area contributed by atoms with Crippen molar-refractivity contribution in [2.45, 2.75) is 10.6 Å². The Morgan fingerprint density at radius 2 is 1.73 bits per heavy atom. The van der Waals surface area contributed by atoms with Crippen LogP contribution in [-0.4, -0.2) is 33.7 Å². The molecule has 0 aromatic heterocycles. The van der Waals surface area contributed by atoms with Gasteiger partial charge in [-0.25, -0.2) is 8.42 Å². The van der Waals surface area contributed by atoms with Gasteiger partial charge in [-0.3, -0.25) is 9.52 Å². The van der Waals surface area contributed by atoms with Crippen LogP contribution in [0.2, 0.25) is 0 Å². The molecule has 170 valence electrons. The van der Waals surface area contributed by atoms with E-state index in [1.165, 1.54) is 31.4 Å². The Bertz CT molecular complexity index is 1250. The van der Waals surface area contributed by atoms with Gasteiger partial charge in [0, 0.05) is 23.6 Å². The quantitative estimate of drug-likeness (QED) is 0.423. The number of methoxy groups -OCH3 is 1. The first kappa shape index (κ1) is 24.2. The lowest BCUT2D eigenvalue weighted by atomic mass is 10.1. The highest BCUT2D eigenvalue weighted by molar-refractivity contribution is 7.98. The van der Waals surface area contributed by atoms with Crippen LogP contribution in [0.3, 0.4) is 0 Å². The molecule has 2 N–H and O–H groups in total. The monoisotopic (exact) mass is 481 g/mol. The predicted molar refractivity (Wildman–Crippen MR) is 130 cm³/mol. The highest BCUT2D eigenvalue weighted by Gasteiger charge is 2.17. The number of amides is 1. The Labute approximate surface area is 197 Å². The highest BCUT2D eigenvalue weighted by atomic mass is 32.2. The molecule has 0 atom stereocenters. The summed E-state index contributed by atoms with van der Waals surface area (Å²) in [5.74, 6) is 1.49. The number of thioether (sulfide) groups is 1. The maximum Gasteiger partial charge on any atom is 0.262 e. The van der Waals surface area contributed by atoms with E-state index in [2.05, 4.69) is 16.1 Å². The first-order valence-electron chi connectivity index (χ1n) is 10.0. The van der Waals surface area contributed by atoms with Gasteiger partial charge in [0.2, 0.25) is 0 Å². The molecular weight excluding hydrogens is 458 g/mol. The van der Waals surface area contributed by atoms with Crippen LogP contribution >= 0.6 is 11.8 Å². The molecule has 0 bridgehead atoms. The van der Waals surface area contributed by atoms with E-state index in [-0.39, 0.29) is 10.8 Å². The molecule has 3 aromatic rings. The number of para-hydroxylation sites is 2. The number of hydrogen-bond donors (Lipinski definition) is 2. The molecule has 0 aliphatic rings. The number of sulfonamides is 1. The summed E-state index contributed by atoms with van der Waals surface area (Å²) in [6.07, 6.45) is 0. The van der Waals surface area contributed by atoms with Crippen molar-refractivity contribution < 1.29 is 17.9 Å². The molecule has 7 nitrogen and oxygen atoms in total. The molecule has 0 saturated carbocycles. The number of ether oxygens (including phenoxy) is 1. The van der Waals surface area contributed by atoms with Crippen LogP contribution in [0.4, 0.5) is 5.69 Å². The number of carbonyl (C=O) groups excluding carboxylic acids is 1. The van der Waals surface area contributed by atoms with Crippen LogP contribution in [0, 0.1) is 11.3 Å². The lowest BCUT2D eigenvalue weighted by molar-refractivity contribution is 0.0956. The molecule has 0 aliphatic carbocycles. The van der Waals surface area contributed by atoms with Gasteiger partial charge in [0.1, 0.15) is 5.75 Å². The first-order chi connectivity index (χ1) is 15.9. The highest BCUT2D eigenvalue weighted by Crippen LogP contribution is 2.26. The van der Waals surface area contributed by atoms with Crippen molar-refractivity contribution >= 4 is 33.4 Å². The number of anilines is 1. The van der Waals surface area contributed by atoms with E-state index in [9.17, 15) is 13.2 Å². The third-order valence-electron chi connectivity index (χ3n) is 4.71. The van der Waals surface area contributed by atoms with E-state index < -0.39 is 10.0 Å². The molecule has 0 saturated heterocycles. The van der Waals surface area contributed by atoms with E-state index in [1.807, 2.05) is 18.2 Å². The van der Waals surface area contributed by atoms with Gasteiger partial charge in [0.05, 0.1) is 29.3 Å². The van der Waals surface area contributed by atoms with Crippen LogP contribution in [0.15, 0.2) is 77.7 Å². The van der Waals surface area contributed by atoms with Crippen LogP contribution in [0.1, 0.15) is 21.5 Å². The summed E-state index contributed by atoms with van der Waals surface area (Å²) in [6, 6.07) is 22.0. The summed E-state index contributed by atoms with van der Waals surface area (Å²) in [7, 11) is -2.37. The van der Waals surface area contributed by atoms with Crippen LogP contribution in [-0.2, 0) is 15.8 Å². The molecule has 1 amide bonds. The Kier molecular flexibility index (Phi) is 8.35. The molecule has 0 fully saturated rings. The third kappa shape index (κ3) is 6.51. The van der Waals surface area contributed by atoms with Crippen molar-refractivity contribution in [3.8, 4) is 11.8 Å². The topological polar surface area (TPSA) is 108 Å². The molecule has 3 rings (SSSR count). The van der Waals surface area contributed by atoms with Crippen molar-refractivity contribution in [3.05, 3.63) is 89.5 Å². The van der Waals surface area contributed by atoms with Crippen molar-refractivity contribution in [2.75, 3.05) is 24.1 Å². The number of carbonyl (C=O) groups is 1. The van der Waals surface area contributed by atoms with Crippen molar-refractivity contribution in [2.24, 2.45) is 0 Å². The summed E-state index contributed by atoms with van der Waals surface area (Å²) in [5.41, 5.74) is 2.32. The van der Waals surface area contributed by atoms with Crippen molar-refractivity contribution in [3.63, 3.8) is 0 Å². The maximum atomic E-state index is 12.7. The summed E-state index contributed by atoms with van der Waals surface area (Å²) in [6.45, 7) is 0.452. The molecule has 0 radical (unpaired) electrons. The molecule has 33 heavy (non-hydrogen) atoms. The molecule has 0 unspecified atom stereocenters. The van der Waals surface area contributed by atoms with Gasteiger partial charge in [0.25, 0.3) is 15.9 Å². The van der Waals surface area contributed by atoms with Crippen LogP contribution in [0.5, 0.6) is 5.75 Å². The minimum atomic E-state index is -3.83. The van der Waals surface area contributed by atoms with Gasteiger partial charge in [0.15, 0.2) is 0 Å². The van der Waals surface area contributed by atoms with E-state index in [1.54, 1.807) is 42.1 Å². The summed E-state index contributed by atoms with van der Waals surface area (Å²) in [4.78, 5) is 12.4. The van der Waals surface area contributed by atoms with Crippen molar-refractivity contribution in [1.29, 1.82) is 5.26 Å². The van der Waals surface area contributed by atoms with E-state index >= 15 is 0 Å². The average Bonchev–Trinajstić information content (AvgIpc) is 2.84. The second kappa shape index (κ2) is 11.4. The zero-order chi connectivity index (χ0) is 23.7. The first-order valence-corrected chi connectivity index (χ1v) is 12.7. The summed E-state index contributed by atoms with van der Waals surface area (Å²) < 4.78 is 33.0. The maximum absolute atomic E-state index is 12.7. The standard InChI is InChI=1S/C24H23N3O4S2/c1-31-23-9-5-4-8-22(23)27-33(29,30)21-12-10-18(11-13-21)24(28)26-14-15-32-17-20-7-3-2-6-19(20)16-25/h2-13,27H,14-15,17H2,1H3,(H,26,28). The Balaban J connectivity index is 1.52. The molecule has 0 spiro atoms. The van der Waals surface area contributed by atoms with Crippen LogP contribution in [0.25, 0.3) is 0 Å². The minimum Gasteiger partial charge on any atom is -0.495 e. The zero-order valence-electron chi connectivity index (χ0n) is 17.9. The third-order valence-corrected chi connectivity index (χ3v) is 7.09. The number of benzene rings is 3. The number of rotatable bonds is 10. The molecular formula is C24H23N3O4S2. The van der Waals surface area contributed by atoms with Gasteiger partial charge >= 0.3 is 0 Å². The number of hydrogen-bond acceptors (Lipinski definition) is 6. The van der Waals surface area contributed by atoms with E-state index in [0.29, 0.717) is 40.6 Å². The SMILES string of the molecule is COc1ccccc1NS(=O)(=O)c1ccc(C(=O)NCCSCc2ccccc2C#N)cc1.